The zero-order chi connectivity index (χ0) is 13.1. The molecular formula is C10H14BrNO3S2. The quantitative estimate of drug-likeness (QED) is 0.826. The number of nitrogens with two attached hydrogens (primary N) is 1. The van der Waals surface area contributed by atoms with Gasteiger partial charge in [-0.25, -0.2) is 8.42 Å². The lowest BCUT2D eigenvalue weighted by molar-refractivity contribution is 0.598. The third-order valence-electron chi connectivity index (χ3n) is 2.22. The first-order chi connectivity index (χ1) is 7.85. The summed E-state index contributed by atoms with van der Waals surface area (Å²) in [7, 11) is -4.41. The van der Waals surface area contributed by atoms with Crippen LogP contribution in [0.5, 0.6) is 0 Å². The van der Waals surface area contributed by atoms with Crippen LogP contribution in [-0.4, -0.2) is 29.9 Å². The lowest BCUT2D eigenvalue weighted by Gasteiger charge is -2.05. The summed E-state index contributed by atoms with van der Waals surface area (Å²) in [6, 6.07) is 4.95. The summed E-state index contributed by atoms with van der Waals surface area (Å²) in [4.78, 5) is 0.575. The van der Waals surface area contributed by atoms with Gasteiger partial charge in [0.25, 0.3) is 0 Å². The topological polar surface area (TPSA) is 77.2 Å². The van der Waals surface area contributed by atoms with Gasteiger partial charge in [0.15, 0.2) is 9.84 Å². The third-order valence-corrected chi connectivity index (χ3v) is 6.52. The predicted octanol–water partition coefficient (Wildman–Crippen LogP) is 1.57. The van der Waals surface area contributed by atoms with Crippen LogP contribution < -0.4 is 5.73 Å². The lowest BCUT2D eigenvalue weighted by atomic mass is 10.3. The monoisotopic (exact) mass is 339 g/mol. The maximum Gasteiger partial charge on any atom is 0.150 e. The van der Waals surface area contributed by atoms with Crippen LogP contribution in [0.25, 0.3) is 0 Å². The second-order valence-electron chi connectivity index (χ2n) is 3.48. The van der Waals surface area contributed by atoms with Gasteiger partial charge in [-0.2, -0.15) is 0 Å². The highest BCUT2D eigenvalue weighted by atomic mass is 79.9. The van der Waals surface area contributed by atoms with Gasteiger partial charge in [0.2, 0.25) is 0 Å². The summed E-state index contributed by atoms with van der Waals surface area (Å²) in [5.41, 5.74) is 6.14. The SMILES string of the molecule is CCS(=O)(=O)CCS(=O)c1ccc(N)cc1Br. The Labute approximate surface area is 112 Å². The summed E-state index contributed by atoms with van der Waals surface area (Å²) in [5, 5.41) is 0. The van der Waals surface area contributed by atoms with E-state index in [2.05, 4.69) is 15.9 Å². The standard InChI is InChI=1S/C10H14BrNO3S2/c1-2-17(14,15)6-5-16(13)10-4-3-8(12)7-9(10)11/h3-4,7H,2,5-6,12H2,1H3. The first kappa shape index (κ1) is 14.7. The average molecular weight is 340 g/mol. The molecule has 2 N–H and O–H groups in total. The zero-order valence-corrected chi connectivity index (χ0v) is 12.6. The number of sulfone groups is 1. The molecule has 0 saturated carbocycles. The van der Waals surface area contributed by atoms with Crippen molar-refractivity contribution in [2.24, 2.45) is 0 Å². The number of hydrogen-bond acceptors (Lipinski definition) is 4. The van der Waals surface area contributed by atoms with Gasteiger partial charge in [-0.1, -0.05) is 6.92 Å². The molecule has 0 aromatic heterocycles. The van der Waals surface area contributed by atoms with Gasteiger partial charge in [0.05, 0.1) is 21.4 Å². The van der Waals surface area contributed by atoms with Crippen molar-refractivity contribution in [1.82, 2.24) is 0 Å². The van der Waals surface area contributed by atoms with Crippen LogP contribution in [0.4, 0.5) is 5.69 Å². The summed E-state index contributed by atoms with van der Waals surface area (Å²) in [6.45, 7) is 1.58. The molecule has 0 bridgehead atoms. The molecular weight excluding hydrogens is 326 g/mol. The van der Waals surface area contributed by atoms with E-state index >= 15 is 0 Å². The highest BCUT2D eigenvalue weighted by Crippen LogP contribution is 2.23. The van der Waals surface area contributed by atoms with Crippen molar-refractivity contribution in [3.63, 3.8) is 0 Å². The molecule has 7 heteroatoms. The Morgan fingerprint density at radius 2 is 2.06 bits per heavy atom. The highest BCUT2D eigenvalue weighted by molar-refractivity contribution is 9.10. The fourth-order valence-corrected chi connectivity index (χ4v) is 4.72. The minimum Gasteiger partial charge on any atom is -0.399 e. The van der Waals surface area contributed by atoms with Crippen molar-refractivity contribution in [1.29, 1.82) is 0 Å². The average Bonchev–Trinajstić information content (AvgIpc) is 2.26. The molecule has 0 heterocycles. The van der Waals surface area contributed by atoms with Crippen LogP contribution in [-0.2, 0) is 20.6 Å². The van der Waals surface area contributed by atoms with E-state index in [9.17, 15) is 12.6 Å². The van der Waals surface area contributed by atoms with Crippen LogP contribution in [0.15, 0.2) is 27.6 Å². The Balaban J connectivity index is 2.78. The van der Waals surface area contributed by atoms with Crippen molar-refractivity contribution in [3.05, 3.63) is 22.7 Å². The first-order valence-electron chi connectivity index (χ1n) is 4.99. The van der Waals surface area contributed by atoms with Crippen molar-refractivity contribution in [3.8, 4) is 0 Å². The van der Waals surface area contributed by atoms with E-state index < -0.39 is 20.6 Å². The molecule has 0 spiro atoms. The second-order valence-corrected chi connectivity index (χ2v) is 8.34. The van der Waals surface area contributed by atoms with Crippen LogP contribution >= 0.6 is 15.9 Å². The Bertz CT molecular complexity index is 528. The summed E-state index contributed by atoms with van der Waals surface area (Å²) in [6.07, 6.45) is 0. The van der Waals surface area contributed by atoms with E-state index in [4.69, 9.17) is 5.73 Å². The molecule has 0 aliphatic heterocycles. The van der Waals surface area contributed by atoms with E-state index in [1.54, 1.807) is 25.1 Å². The first-order valence-corrected chi connectivity index (χ1v) is 8.93. The Kier molecular flexibility index (Phi) is 5.15. The van der Waals surface area contributed by atoms with E-state index in [-0.39, 0.29) is 17.3 Å². The number of nitrogen functional groups attached to an aromatic ring is 1. The molecule has 1 aromatic rings. The number of halogens is 1. The number of benzene rings is 1. The summed E-state index contributed by atoms with van der Waals surface area (Å²) >= 11 is 3.26. The molecule has 17 heavy (non-hydrogen) atoms. The normalized spacial score (nSPS) is 13.5. The van der Waals surface area contributed by atoms with E-state index in [1.165, 1.54) is 0 Å². The second kappa shape index (κ2) is 5.97. The molecule has 4 nitrogen and oxygen atoms in total. The van der Waals surface area contributed by atoms with E-state index in [1.807, 2.05) is 0 Å². The van der Waals surface area contributed by atoms with Crippen molar-refractivity contribution in [2.45, 2.75) is 11.8 Å². The molecule has 0 saturated heterocycles. The van der Waals surface area contributed by atoms with Crippen LogP contribution in [0.3, 0.4) is 0 Å². The molecule has 0 aliphatic carbocycles. The van der Waals surface area contributed by atoms with Crippen LogP contribution in [0.1, 0.15) is 6.92 Å². The number of anilines is 1. The predicted molar refractivity (Wildman–Crippen MR) is 74.2 cm³/mol. The molecule has 0 amide bonds. The van der Waals surface area contributed by atoms with Crippen LogP contribution in [0, 0.1) is 0 Å². The van der Waals surface area contributed by atoms with Gasteiger partial charge in [-0.05, 0) is 34.1 Å². The fourth-order valence-electron chi connectivity index (χ4n) is 1.16. The molecule has 0 aliphatic rings. The van der Waals surface area contributed by atoms with Crippen LogP contribution in [0.2, 0.25) is 0 Å². The molecule has 1 atom stereocenters. The minimum absolute atomic E-state index is 0.0626. The minimum atomic E-state index is -3.08. The third kappa shape index (κ3) is 4.40. The van der Waals surface area contributed by atoms with Gasteiger partial charge in [0.1, 0.15) is 0 Å². The van der Waals surface area contributed by atoms with Gasteiger partial charge >= 0.3 is 0 Å². The van der Waals surface area contributed by atoms with Gasteiger partial charge in [-0.3, -0.25) is 4.21 Å². The molecule has 1 unspecified atom stereocenters. The summed E-state index contributed by atoms with van der Waals surface area (Å²) < 4.78 is 35.2. The van der Waals surface area contributed by atoms with Gasteiger partial charge < -0.3 is 5.73 Å². The molecule has 96 valence electrons. The highest BCUT2D eigenvalue weighted by Gasteiger charge is 2.13. The molecule has 0 fully saturated rings. The smallest absolute Gasteiger partial charge is 0.150 e. The Morgan fingerprint density at radius 3 is 2.59 bits per heavy atom. The number of rotatable bonds is 5. The fraction of sp³-hybridized carbons (Fsp3) is 0.400. The molecule has 1 aromatic carbocycles. The Morgan fingerprint density at radius 1 is 1.41 bits per heavy atom. The number of hydrogen-bond donors (Lipinski definition) is 1. The molecule has 0 radical (unpaired) electrons. The zero-order valence-electron chi connectivity index (χ0n) is 9.35. The van der Waals surface area contributed by atoms with E-state index in [0.717, 1.165) is 0 Å². The van der Waals surface area contributed by atoms with Gasteiger partial charge in [0, 0.05) is 21.7 Å². The Hall–Kier alpha value is -0.400. The van der Waals surface area contributed by atoms with Crippen molar-refractivity contribution >= 4 is 42.3 Å². The summed E-state index contributed by atoms with van der Waals surface area (Å²) in [5.74, 6) is 0.124. The largest absolute Gasteiger partial charge is 0.399 e. The van der Waals surface area contributed by atoms with Gasteiger partial charge in [-0.15, -0.1) is 0 Å². The molecule has 1 rings (SSSR count). The van der Waals surface area contributed by atoms with Crippen molar-refractivity contribution in [2.75, 3.05) is 23.0 Å². The van der Waals surface area contributed by atoms with E-state index in [0.29, 0.717) is 15.1 Å². The lowest BCUT2D eigenvalue weighted by Crippen LogP contribution is -2.15. The maximum absolute atomic E-state index is 11.9. The van der Waals surface area contributed by atoms with Crippen molar-refractivity contribution < 1.29 is 12.6 Å². The maximum atomic E-state index is 11.9.